The summed E-state index contributed by atoms with van der Waals surface area (Å²) in [4.78, 5) is 26.1. The van der Waals surface area contributed by atoms with Crippen molar-refractivity contribution in [3.8, 4) is 11.8 Å². The van der Waals surface area contributed by atoms with Crippen molar-refractivity contribution in [3.63, 3.8) is 0 Å². The summed E-state index contributed by atoms with van der Waals surface area (Å²) in [7, 11) is 0. The number of likely N-dealkylation sites (tertiary alicyclic amines) is 1. The summed E-state index contributed by atoms with van der Waals surface area (Å²) in [5, 5.41) is 12.1. The Labute approximate surface area is 146 Å². The predicted molar refractivity (Wildman–Crippen MR) is 93.2 cm³/mol. The van der Waals surface area contributed by atoms with Crippen LogP contribution < -0.4 is 11.0 Å². The highest BCUT2D eigenvalue weighted by Gasteiger charge is 2.27. The number of carbonyl (C=O) groups is 1. The van der Waals surface area contributed by atoms with Crippen LogP contribution in [0.5, 0.6) is 0 Å². The van der Waals surface area contributed by atoms with Gasteiger partial charge in [0.25, 0.3) is 0 Å². The van der Waals surface area contributed by atoms with Crippen molar-refractivity contribution in [2.24, 2.45) is 0 Å². The Morgan fingerprint density at radius 2 is 2.08 bits per heavy atom. The number of nitrogens with zero attached hydrogens (tertiary/aromatic N) is 4. The number of para-hydroxylation sites is 1. The fraction of sp³-hybridized carbons (Fsp3) is 0.389. The van der Waals surface area contributed by atoms with Crippen LogP contribution in [0.1, 0.15) is 12.8 Å². The quantitative estimate of drug-likeness (QED) is 0.787. The van der Waals surface area contributed by atoms with Crippen molar-refractivity contribution in [2.75, 3.05) is 19.6 Å². The molecule has 1 saturated heterocycles. The zero-order valence-electron chi connectivity index (χ0n) is 14.0. The molecule has 1 aromatic carbocycles. The molecule has 1 N–H and O–H groups in total. The first-order valence-electron chi connectivity index (χ1n) is 8.43. The van der Waals surface area contributed by atoms with Gasteiger partial charge in [-0.2, -0.15) is 5.26 Å². The summed E-state index contributed by atoms with van der Waals surface area (Å²) < 4.78 is 3.20. The molecule has 1 aliphatic heterocycles. The summed E-state index contributed by atoms with van der Waals surface area (Å²) in [6, 6.07) is 11.3. The summed E-state index contributed by atoms with van der Waals surface area (Å²) in [6.07, 6.45) is 5.12. The molecule has 3 rings (SSSR count). The standard InChI is InChI=1S/C18H21N5O2/c19-13-16-7-4-9-22(16)17(24)14-20-8-10-21-11-12-23(18(21)25)15-5-2-1-3-6-15/h1-3,5-6,11-12,16,20H,4,7-10,14H2. The average Bonchev–Trinajstić information content (AvgIpc) is 3.26. The minimum absolute atomic E-state index is 0.0572. The van der Waals surface area contributed by atoms with Crippen LogP contribution in [0.4, 0.5) is 0 Å². The number of imidazole rings is 1. The summed E-state index contributed by atoms with van der Waals surface area (Å²) in [6.45, 7) is 1.83. The third-order valence-corrected chi connectivity index (χ3v) is 4.41. The van der Waals surface area contributed by atoms with Crippen molar-refractivity contribution in [1.82, 2.24) is 19.4 Å². The zero-order chi connectivity index (χ0) is 17.6. The molecule has 2 aromatic rings. The molecule has 1 atom stereocenters. The molecule has 0 aliphatic carbocycles. The van der Waals surface area contributed by atoms with E-state index in [4.69, 9.17) is 5.26 Å². The topological polar surface area (TPSA) is 83.1 Å². The van der Waals surface area contributed by atoms with Crippen LogP contribution in [0.2, 0.25) is 0 Å². The van der Waals surface area contributed by atoms with Crippen LogP contribution in [-0.2, 0) is 11.3 Å². The highest BCUT2D eigenvalue weighted by molar-refractivity contribution is 5.79. The third kappa shape index (κ3) is 3.80. The van der Waals surface area contributed by atoms with Gasteiger partial charge in [-0.1, -0.05) is 18.2 Å². The number of hydrogen-bond donors (Lipinski definition) is 1. The van der Waals surface area contributed by atoms with E-state index in [1.54, 1.807) is 26.4 Å². The average molecular weight is 339 g/mol. The van der Waals surface area contributed by atoms with Crippen molar-refractivity contribution < 1.29 is 4.79 Å². The van der Waals surface area contributed by atoms with Crippen molar-refractivity contribution in [2.45, 2.75) is 25.4 Å². The van der Waals surface area contributed by atoms with Gasteiger partial charge in [-0.05, 0) is 25.0 Å². The fourth-order valence-corrected chi connectivity index (χ4v) is 3.06. The molecule has 130 valence electrons. The van der Waals surface area contributed by atoms with Gasteiger partial charge in [0.2, 0.25) is 5.91 Å². The second kappa shape index (κ2) is 7.81. The van der Waals surface area contributed by atoms with Crippen molar-refractivity contribution in [3.05, 3.63) is 53.2 Å². The highest BCUT2D eigenvalue weighted by atomic mass is 16.2. The summed E-state index contributed by atoms with van der Waals surface area (Å²) in [5.41, 5.74) is 0.717. The summed E-state index contributed by atoms with van der Waals surface area (Å²) in [5.74, 6) is -0.0572. The van der Waals surface area contributed by atoms with Crippen LogP contribution in [0.15, 0.2) is 47.5 Å². The van der Waals surface area contributed by atoms with Crippen molar-refractivity contribution >= 4 is 5.91 Å². The smallest absolute Gasteiger partial charge is 0.326 e. The zero-order valence-corrected chi connectivity index (χ0v) is 14.0. The number of benzene rings is 1. The fourth-order valence-electron chi connectivity index (χ4n) is 3.06. The number of aromatic nitrogens is 2. The number of nitrogens with one attached hydrogen (secondary N) is 1. The Kier molecular flexibility index (Phi) is 5.31. The van der Waals surface area contributed by atoms with E-state index in [9.17, 15) is 9.59 Å². The molecule has 1 aliphatic rings. The molecule has 1 amide bonds. The maximum Gasteiger partial charge on any atom is 0.332 e. The molecular weight excluding hydrogens is 318 g/mol. The maximum atomic E-state index is 12.4. The van der Waals surface area contributed by atoms with Crippen LogP contribution in [0.3, 0.4) is 0 Å². The van der Waals surface area contributed by atoms with E-state index in [2.05, 4.69) is 11.4 Å². The number of amides is 1. The predicted octanol–water partition coefficient (Wildman–Crippen LogP) is 0.743. The molecule has 0 spiro atoms. The third-order valence-electron chi connectivity index (χ3n) is 4.41. The normalized spacial score (nSPS) is 16.8. The molecule has 7 nitrogen and oxygen atoms in total. The lowest BCUT2D eigenvalue weighted by atomic mass is 10.2. The molecule has 7 heteroatoms. The lowest BCUT2D eigenvalue weighted by Gasteiger charge is -2.19. The first-order chi connectivity index (χ1) is 12.2. The van der Waals surface area contributed by atoms with E-state index in [1.807, 2.05) is 30.3 Å². The molecular formula is C18H21N5O2. The van der Waals surface area contributed by atoms with E-state index in [-0.39, 0.29) is 24.2 Å². The van der Waals surface area contributed by atoms with Crippen LogP contribution >= 0.6 is 0 Å². The number of hydrogen-bond acceptors (Lipinski definition) is 4. The molecule has 2 heterocycles. The van der Waals surface area contributed by atoms with E-state index in [0.29, 0.717) is 19.6 Å². The van der Waals surface area contributed by atoms with Gasteiger partial charge in [0.15, 0.2) is 0 Å². The van der Waals surface area contributed by atoms with E-state index in [0.717, 1.165) is 18.5 Å². The van der Waals surface area contributed by atoms with E-state index in [1.165, 1.54) is 0 Å². The number of carbonyl (C=O) groups excluding carboxylic acids is 1. The van der Waals surface area contributed by atoms with Gasteiger partial charge in [0.05, 0.1) is 18.3 Å². The largest absolute Gasteiger partial charge is 0.332 e. The Balaban J connectivity index is 1.50. The Bertz CT molecular complexity index is 818. The van der Waals surface area contributed by atoms with Crippen LogP contribution in [-0.4, -0.2) is 45.6 Å². The number of nitriles is 1. The van der Waals surface area contributed by atoms with E-state index < -0.39 is 0 Å². The van der Waals surface area contributed by atoms with Crippen LogP contribution in [0, 0.1) is 11.3 Å². The summed E-state index contributed by atoms with van der Waals surface area (Å²) >= 11 is 0. The number of rotatable bonds is 6. The Morgan fingerprint density at radius 3 is 2.84 bits per heavy atom. The monoisotopic (exact) mass is 339 g/mol. The molecule has 1 aromatic heterocycles. The van der Waals surface area contributed by atoms with Gasteiger partial charge in [-0.15, -0.1) is 0 Å². The lowest BCUT2D eigenvalue weighted by molar-refractivity contribution is -0.130. The van der Waals surface area contributed by atoms with Gasteiger partial charge < -0.3 is 10.2 Å². The van der Waals surface area contributed by atoms with Gasteiger partial charge in [0, 0.05) is 32.0 Å². The molecule has 1 fully saturated rings. The maximum absolute atomic E-state index is 12.4. The lowest BCUT2D eigenvalue weighted by Crippen LogP contribution is -2.41. The Morgan fingerprint density at radius 1 is 1.28 bits per heavy atom. The first kappa shape index (κ1) is 17.0. The Hall–Kier alpha value is -2.85. The first-order valence-corrected chi connectivity index (χ1v) is 8.43. The minimum atomic E-state index is -0.295. The molecule has 0 bridgehead atoms. The second-order valence-electron chi connectivity index (χ2n) is 6.03. The molecule has 1 unspecified atom stereocenters. The molecule has 0 radical (unpaired) electrons. The van der Waals surface area contributed by atoms with Gasteiger partial charge in [-0.3, -0.25) is 13.9 Å². The van der Waals surface area contributed by atoms with Crippen LogP contribution in [0.25, 0.3) is 5.69 Å². The highest BCUT2D eigenvalue weighted by Crippen LogP contribution is 2.15. The van der Waals surface area contributed by atoms with Gasteiger partial charge in [-0.25, -0.2) is 4.79 Å². The minimum Gasteiger partial charge on any atom is -0.326 e. The van der Waals surface area contributed by atoms with Gasteiger partial charge >= 0.3 is 5.69 Å². The SMILES string of the molecule is N#CC1CCCN1C(=O)CNCCn1ccn(-c2ccccc2)c1=O. The van der Waals surface area contributed by atoms with E-state index >= 15 is 0 Å². The van der Waals surface area contributed by atoms with Gasteiger partial charge in [0.1, 0.15) is 6.04 Å². The molecule has 25 heavy (non-hydrogen) atoms. The molecule has 0 saturated carbocycles. The van der Waals surface area contributed by atoms with Crippen molar-refractivity contribution in [1.29, 1.82) is 5.26 Å². The second-order valence-corrected chi connectivity index (χ2v) is 6.03.